The third kappa shape index (κ3) is 3.31. The molecule has 0 fully saturated rings. The second-order valence-corrected chi connectivity index (χ2v) is 6.46. The first-order chi connectivity index (χ1) is 12.2. The van der Waals surface area contributed by atoms with Gasteiger partial charge in [-0.15, -0.1) is 10.2 Å². The van der Waals surface area contributed by atoms with Gasteiger partial charge in [0.15, 0.2) is 17.3 Å². The number of rotatable bonds is 5. The van der Waals surface area contributed by atoms with E-state index in [9.17, 15) is 4.79 Å². The summed E-state index contributed by atoms with van der Waals surface area (Å²) in [5.74, 6) is 1.84. The molecule has 9 heteroatoms. The minimum atomic E-state index is -0.435. The normalized spacial score (nSPS) is 13.6. The summed E-state index contributed by atoms with van der Waals surface area (Å²) < 4.78 is 21.2. The molecule has 4 rings (SSSR count). The van der Waals surface area contributed by atoms with Crippen LogP contribution in [0.25, 0.3) is 11.7 Å². The smallest absolute Gasteiger partial charge is 0.284 e. The molecule has 0 bridgehead atoms. The molecule has 1 aromatic carbocycles. The summed E-state index contributed by atoms with van der Waals surface area (Å²) in [6.45, 7) is 1.94. The van der Waals surface area contributed by atoms with Crippen LogP contribution in [0.2, 0.25) is 0 Å². The van der Waals surface area contributed by atoms with E-state index in [1.54, 1.807) is 37.3 Å². The van der Waals surface area contributed by atoms with E-state index in [4.69, 9.17) is 18.3 Å². The van der Waals surface area contributed by atoms with E-state index >= 15 is 0 Å². The Bertz CT molecular complexity index is 893. The van der Waals surface area contributed by atoms with Crippen molar-refractivity contribution in [1.82, 2.24) is 10.2 Å². The van der Waals surface area contributed by atoms with Crippen LogP contribution in [0.5, 0.6) is 11.5 Å². The van der Waals surface area contributed by atoms with Gasteiger partial charge in [0.05, 0.1) is 11.5 Å². The summed E-state index contributed by atoms with van der Waals surface area (Å²) in [4.78, 5) is 12.3. The number of aromatic nitrogens is 2. The number of carbonyl (C=O) groups excluding carboxylic acids is 1. The third-order valence-corrected chi connectivity index (χ3v) is 4.36. The molecule has 2 aromatic heterocycles. The number of hydrogen-bond acceptors (Lipinski definition) is 8. The summed E-state index contributed by atoms with van der Waals surface area (Å²) in [5.41, 5.74) is 0.628. The molecule has 1 atom stereocenters. The third-order valence-electron chi connectivity index (χ3n) is 3.43. The van der Waals surface area contributed by atoms with E-state index in [1.807, 2.05) is 0 Å². The van der Waals surface area contributed by atoms with Crippen molar-refractivity contribution in [1.29, 1.82) is 0 Å². The van der Waals surface area contributed by atoms with Gasteiger partial charge < -0.3 is 23.6 Å². The van der Waals surface area contributed by atoms with Gasteiger partial charge >= 0.3 is 0 Å². The number of nitrogens with zero attached hydrogens (tertiary/aromatic N) is 2. The number of furan rings is 1. The van der Waals surface area contributed by atoms with Crippen molar-refractivity contribution in [3.8, 4) is 23.1 Å². The number of fused-ring (bicyclic) bond motifs is 1. The number of benzene rings is 1. The highest BCUT2D eigenvalue weighted by atomic mass is 32.2. The number of hydrogen-bond donors (Lipinski definition) is 1. The van der Waals surface area contributed by atoms with Gasteiger partial charge in [0, 0.05) is 11.8 Å². The molecule has 25 heavy (non-hydrogen) atoms. The maximum atomic E-state index is 12.3. The van der Waals surface area contributed by atoms with Crippen LogP contribution < -0.4 is 14.8 Å². The first-order valence-electron chi connectivity index (χ1n) is 7.43. The average Bonchev–Trinajstić information content (AvgIpc) is 3.35. The molecule has 0 saturated heterocycles. The molecule has 1 aliphatic heterocycles. The largest absolute Gasteiger partial charge is 0.459 e. The first-order valence-corrected chi connectivity index (χ1v) is 8.31. The minimum Gasteiger partial charge on any atom is -0.459 e. The van der Waals surface area contributed by atoms with Crippen molar-refractivity contribution in [3.05, 3.63) is 36.6 Å². The first kappa shape index (κ1) is 15.6. The number of carbonyl (C=O) groups is 1. The highest BCUT2D eigenvalue weighted by molar-refractivity contribution is 8.00. The minimum absolute atomic E-state index is 0.189. The van der Waals surface area contributed by atoms with Crippen molar-refractivity contribution in [3.63, 3.8) is 0 Å². The Hall–Kier alpha value is -2.94. The van der Waals surface area contributed by atoms with Crippen LogP contribution in [0.1, 0.15) is 6.92 Å². The summed E-state index contributed by atoms with van der Waals surface area (Å²) in [6.07, 6.45) is 1.52. The van der Waals surface area contributed by atoms with Crippen LogP contribution >= 0.6 is 11.8 Å². The molecule has 0 aliphatic carbocycles. The van der Waals surface area contributed by atoms with Gasteiger partial charge in [-0.3, -0.25) is 4.79 Å². The molecule has 8 nitrogen and oxygen atoms in total. The molecule has 1 aliphatic rings. The molecule has 1 N–H and O–H groups in total. The van der Waals surface area contributed by atoms with Gasteiger partial charge in [-0.1, -0.05) is 11.8 Å². The zero-order valence-corrected chi connectivity index (χ0v) is 13.9. The lowest BCUT2D eigenvalue weighted by Gasteiger charge is -2.10. The van der Waals surface area contributed by atoms with Crippen molar-refractivity contribution in [2.75, 3.05) is 12.1 Å². The lowest BCUT2D eigenvalue weighted by atomic mass is 10.2. The second kappa shape index (κ2) is 6.52. The second-order valence-electron chi connectivity index (χ2n) is 5.17. The van der Waals surface area contributed by atoms with Crippen molar-refractivity contribution < 1.29 is 23.1 Å². The molecule has 128 valence electrons. The Balaban J connectivity index is 1.39. The summed E-state index contributed by atoms with van der Waals surface area (Å²) in [7, 11) is 0. The molecular weight excluding hydrogens is 346 g/mol. The lowest BCUT2D eigenvalue weighted by molar-refractivity contribution is -0.115. The van der Waals surface area contributed by atoms with Gasteiger partial charge in [0.25, 0.3) is 11.1 Å². The Morgan fingerprint density at radius 1 is 1.24 bits per heavy atom. The van der Waals surface area contributed by atoms with Gasteiger partial charge in [0.1, 0.15) is 0 Å². The zero-order chi connectivity index (χ0) is 17.2. The van der Waals surface area contributed by atoms with Crippen molar-refractivity contribution in [2.45, 2.75) is 17.4 Å². The van der Waals surface area contributed by atoms with E-state index in [2.05, 4.69) is 15.5 Å². The van der Waals surface area contributed by atoms with Crippen LogP contribution in [-0.2, 0) is 4.79 Å². The molecule has 3 heterocycles. The van der Waals surface area contributed by atoms with Crippen LogP contribution in [0.15, 0.2) is 50.7 Å². The maximum Gasteiger partial charge on any atom is 0.284 e. The van der Waals surface area contributed by atoms with E-state index in [-0.39, 0.29) is 18.6 Å². The van der Waals surface area contributed by atoms with Crippen LogP contribution in [0.3, 0.4) is 0 Å². The van der Waals surface area contributed by atoms with Gasteiger partial charge in [-0.25, -0.2) is 0 Å². The van der Waals surface area contributed by atoms with Gasteiger partial charge in [0.2, 0.25) is 12.7 Å². The summed E-state index contributed by atoms with van der Waals surface area (Å²) in [5, 5.41) is 10.5. The number of thioether (sulfide) groups is 1. The molecule has 1 unspecified atom stereocenters. The monoisotopic (exact) mass is 359 g/mol. The number of amides is 1. The molecule has 1 amide bonds. The van der Waals surface area contributed by atoms with E-state index in [0.717, 1.165) is 11.8 Å². The highest BCUT2D eigenvalue weighted by Crippen LogP contribution is 2.34. The molecule has 0 radical (unpaired) electrons. The summed E-state index contributed by atoms with van der Waals surface area (Å²) >= 11 is 1.16. The maximum absolute atomic E-state index is 12.3. The average molecular weight is 359 g/mol. The van der Waals surface area contributed by atoms with Gasteiger partial charge in [-0.05, 0) is 31.2 Å². The lowest BCUT2D eigenvalue weighted by Crippen LogP contribution is -2.22. The molecule has 0 spiro atoms. The predicted molar refractivity (Wildman–Crippen MR) is 88.5 cm³/mol. The van der Waals surface area contributed by atoms with Crippen molar-refractivity contribution in [2.24, 2.45) is 0 Å². The van der Waals surface area contributed by atoms with Crippen LogP contribution in [0.4, 0.5) is 5.69 Å². The highest BCUT2D eigenvalue weighted by Gasteiger charge is 2.20. The summed E-state index contributed by atoms with van der Waals surface area (Å²) in [6, 6.07) is 8.68. The van der Waals surface area contributed by atoms with Crippen LogP contribution in [0, 0.1) is 0 Å². The SMILES string of the molecule is CC(Sc1nnc(-c2ccco2)o1)C(=O)Nc1ccc2c(c1)OCO2. The topological polar surface area (TPSA) is 99.6 Å². The number of nitrogens with one attached hydrogen (secondary N) is 1. The van der Waals surface area contributed by atoms with Crippen LogP contribution in [-0.4, -0.2) is 28.1 Å². The fraction of sp³-hybridized carbons (Fsp3) is 0.188. The predicted octanol–water partition coefficient (Wildman–Crippen LogP) is 3.18. The quantitative estimate of drug-likeness (QED) is 0.693. The fourth-order valence-electron chi connectivity index (χ4n) is 2.18. The fourth-order valence-corrected chi connectivity index (χ4v) is 2.86. The van der Waals surface area contributed by atoms with Crippen molar-refractivity contribution >= 4 is 23.4 Å². The standard InChI is InChI=1S/C16H13N3O5S/c1-9(25-16-19-18-15(24-16)12-3-2-6-21-12)14(20)17-10-4-5-11-13(7-10)23-8-22-11/h2-7,9H,8H2,1H3,(H,17,20). The Labute approximate surface area is 146 Å². The zero-order valence-electron chi connectivity index (χ0n) is 13.1. The Morgan fingerprint density at radius 2 is 2.12 bits per heavy atom. The van der Waals surface area contributed by atoms with E-state index < -0.39 is 5.25 Å². The Morgan fingerprint density at radius 3 is 2.96 bits per heavy atom. The van der Waals surface area contributed by atoms with Gasteiger partial charge in [-0.2, -0.15) is 0 Å². The molecule has 3 aromatic rings. The number of ether oxygens (including phenoxy) is 2. The van der Waals surface area contributed by atoms with E-state index in [0.29, 0.717) is 28.2 Å². The Kier molecular flexibility index (Phi) is 4.06. The molecule has 0 saturated carbocycles. The number of anilines is 1. The van der Waals surface area contributed by atoms with E-state index in [1.165, 1.54) is 6.26 Å². The molecular formula is C16H13N3O5S.